The van der Waals surface area contributed by atoms with Crippen molar-refractivity contribution < 1.29 is 48.3 Å². The largest absolute Gasteiger partial charge is 0.507 e. The highest BCUT2D eigenvalue weighted by Crippen LogP contribution is 2.60. The van der Waals surface area contributed by atoms with Crippen LogP contribution in [0.2, 0.25) is 0 Å². The number of nitrogens with zero attached hydrogens (tertiary/aromatic N) is 4. The van der Waals surface area contributed by atoms with Crippen LogP contribution in [0.3, 0.4) is 0 Å². The van der Waals surface area contributed by atoms with Crippen LogP contribution in [-0.4, -0.2) is 47.9 Å². The molecule has 0 atom stereocenters. The van der Waals surface area contributed by atoms with Gasteiger partial charge in [0.05, 0.1) is 89.8 Å². The first-order valence-corrected chi connectivity index (χ1v) is 27.3. The number of alkyl halides is 1. The number of phenols is 2. The molecule has 0 saturated heterocycles. The van der Waals surface area contributed by atoms with Gasteiger partial charge in [-0.1, -0.05) is 123 Å². The number of hydrogen-bond donors (Lipinski definition) is 2. The van der Waals surface area contributed by atoms with Gasteiger partial charge >= 0.3 is 17.9 Å². The Morgan fingerprint density at radius 3 is 1.13 bits per heavy atom. The molecule has 0 fully saturated rings. The van der Waals surface area contributed by atoms with Gasteiger partial charge in [0.2, 0.25) is 0 Å². The number of halogens is 1. The molecule has 2 heterocycles. The van der Waals surface area contributed by atoms with Crippen molar-refractivity contribution >= 4 is 76.6 Å². The summed E-state index contributed by atoms with van der Waals surface area (Å²) in [6.07, 6.45) is 5.50. The van der Waals surface area contributed by atoms with Crippen LogP contribution < -0.4 is 9.47 Å². The molecule has 0 bridgehead atoms. The zero-order chi connectivity index (χ0) is 54.1. The fourth-order valence-electron chi connectivity index (χ4n) is 6.23. The normalized spacial score (nSPS) is 11.5. The lowest BCUT2D eigenvalue weighted by atomic mass is 10.1. The van der Waals surface area contributed by atoms with Crippen LogP contribution in [0.5, 0.6) is 23.0 Å². The van der Waals surface area contributed by atoms with Crippen molar-refractivity contribution in [2.45, 2.75) is 98.0 Å². The average molecular weight is 1100 g/mol. The standard InChI is InChI=1S/C34H32N2O6S2.C12H15ClO2.C10H4N2O2S2/c1-4-6-18-39-32(37)25-12-8-23(9-13-25)21-41-28-16-17-29(31-30(28)43-34(44-31)27(20-35)36-3)42-22-24-10-14-26(15-11-24)33(38)40-19-7-5-2;1-2-3-8-15-12(14)11-6-4-10(9-13)5-7-11;1-12-5(4-11)10-15-8-6(13)2-3-7(14)9(8)16-10/h8-17H,4-7,18-19,21-22H2,1-2H3;4-7H,2-3,8-9H2,1H3;2-3,13-14H. The van der Waals surface area contributed by atoms with E-state index in [0.717, 1.165) is 88.5 Å². The van der Waals surface area contributed by atoms with Gasteiger partial charge in [-0.15, -0.1) is 11.6 Å². The molecule has 386 valence electrons. The van der Waals surface area contributed by atoms with Crippen molar-refractivity contribution in [3.05, 3.63) is 173 Å². The number of aromatic hydroxyl groups is 2. The summed E-state index contributed by atoms with van der Waals surface area (Å²) >= 11 is 10.5. The molecule has 0 amide bonds. The molecule has 7 rings (SSSR count). The molecule has 2 N–H and O–H groups in total. The number of esters is 3. The Kier molecular flexibility index (Phi) is 24.2. The summed E-state index contributed by atoms with van der Waals surface area (Å²) in [5.41, 5.74) is 4.28. The summed E-state index contributed by atoms with van der Waals surface area (Å²) in [4.78, 5) is 44.9. The molecule has 0 radical (unpaired) electrons. The smallest absolute Gasteiger partial charge is 0.338 e. The average Bonchev–Trinajstić information content (AvgIpc) is 4.11. The van der Waals surface area contributed by atoms with Gasteiger partial charge in [0.25, 0.3) is 11.4 Å². The van der Waals surface area contributed by atoms with E-state index in [4.69, 9.17) is 53.7 Å². The first-order valence-electron chi connectivity index (χ1n) is 23.5. The lowest BCUT2D eigenvalue weighted by molar-refractivity contribution is 0.0490. The molecule has 0 saturated carbocycles. The highest BCUT2D eigenvalue weighted by molar-refractivity contribution is 8.25. The van der Waals surface area contributed by atoms with Crippen molar-refractivity contribution in [2.24, 2.45) is 0 Å². The van der Waals surface area contributed by atoms with E-state index in [1.807, 2.05) is 68.4 Å². The molecule has 19 heteroatoms. The Bertz CT molecular complexity index is 2880. The fraction of sp³-hybridized carbons (Fsp3) is 0.268. The van der Waals surface area contributed by atoms with E-state index >= 15 is 0 Å². The molecule has 0 unspecified atom stereocenters. The maximum atomic E-state index is 12.2. The Morgan fingerprint density at radius 1 is 0.520 bits per heavy atom. The molecular formula is C56H51ClN4O10S4. The topological polar surface area (TPSA) is 194 Å². The number of ether oxygens (including phenoxy) is 5. The minimum atomic E-state index is -0.346. The van der Waals surface area contributed by atoms with Crippen molar-refractivity contribution in [1.29, 1.82) is 10.5 Å². The first kappa shape index (κ1) is 58.7. The molecule has 0 aromatic heterocycles. The molecule has 5 aromatic rings. The number of allylic oxidation sites excluding steroid dienone is 2. The summed E-state index contributed by atoms with van der Waals surface area (Å²) in [7, 11) is 0. The number of hydrogen-bond acceptors (Lipinski definition) is 16. The summed E-state index contributed by atoms with van der Waals surface area (Å²) in [5, 5.41) is 37.4. The van der Waals surface area contributed by atoms with Crippen LogP contribution in [0.1, 0.15) is 107 Å². The van der Waals surface area contributed by atoms with Crippen molar-refractivity contribution in [1.82, 2.24) is 0 Å². The van der Waals surface area contributed by atoms with E-state index in [0.29, 0.717) is 72.2 Å². The van der Waals surface area contributed by atoms with Crippen LogP contribution in [0.15, 0.2) is 137 Å². The van der Waals surface area contributed by atoms with Crippen molar-refractivity contribution in [2.75, 3.05) is 19.8 Å². The summed E-state index contributed by atoms with van der Waals surface area (Å²) in [6.45, 7) is 22.2. The molecule has 14 nitrogen and oxygen atoms in total. The van der Waals surface area contributed by atoms with E-state index in [9.17, 15) is 29.9 Å². The molecule has 75 heavy (non-hydrogen) atoms. The summed E-state index contributed by atoms with van der Waals surface area (Å²) < 4.78 is 29.0. The second-order valence-electron chi connectivity index (χ2n) is 15.9. The number of nitriles is 2. The predicted molar refractivity (Wildman–Crippen MR) is 291 cm³/mol. The Balaban J connectivity index is 0.000000270. The zero-order valence-electron chi connectivity index (χ0n) is 41.2. The molecule has 2 aliphatic heterocycles. The van der Waals surface area contributed by atoms with Crippen LogP contribution in [0.25, 0.3) is 9.69 Å². The van der Waals surface area contributed by atoms with Gasteiger partial charge in [-0.3, -0.25) is 0 Å². The Morgan fingerprint density at radius 2 is 0.840 bits per heavy atom. The molecule has 0 aliphatic carbocycles. The molecule has 2 aliphatic rings. The molecule has 0 spiro atoms. The number of thioether (sulfide) groups is 4. The van der Waals surface area contributed by atoms with Crippen LogP contribution >= 0.6 is 58.6 Å². The number of phenolic OH excluding ortho intramolecular Hbond substituents is 2. The number of carbonyl (C=O) groups is 3. The van der Waals surface area contributed by atoms with Crippen molar-refractivity contribution in [3.8, 4) is 35.1 Å². The number of unbranched alkanes of at least 4 members (excludes halogenated alkanes) is 3. The lowest BCUT2D eigenvalue weighted by Crippen LogP contribution is -2.06. The monoisotopic (exact) mass is 1100 g/mol. The maximum Gasteiger partial charge on any atom is 0.338 e. The van der Waals surface area contributed by atoms with Gasteiger partial charge in [0.1, 0.15) is 36.2 Å². The predicted octanol–water partition coefficient (Wildman–Crippen LogP) is 14.9. The van der Waals surface area contributed by atoms with E-state index in [1.165, 1.54) is 35.7 Å². The van der Waals surface area contributed by atoms with E-state index in [2.05, 4.69) is 16.6 Å². The number of carbonyl (C=O) groups excluding carboxylic acids is 3. The highest BCUT2D eigenvalue weighted by Gasteiger charge is 2.29. The Labute approximate surface area is 458 Å². The van der Waals surface area contributed by atoms with Gasteiger partial charge in [0, 0.05) is 5.88 Å². The quantitative estimate of drug-likeness (QED) is 0.0151. The van der Waals surface area contributed by atoms with Gasteiger partial charge in [-0.25, -0.2) is 34.6 Å². The van der Waals surface area contributed by atoms with E-state index in [-0.39, 0.29) is 54.0 Å². The summed E-state index contributed by atoms with van der Waals surface area (Å²) in [6, 6.07) is 31.5. The number of rotatable bonds is 19. The molecular weight excluding hydrogens is 1050 g/mol. The SMILES string of the molecule is CCCCOC(=O)c1ccc(CCl)cc1.[C-]#[N+]C(C#N)=C1Sc2c(O)ccc(O)c2S1.[C-]#[N+]C(C#N)=C1Sc2c(OCc3ccc(C(=O)OCCCC)cc3)ccc(OCc3ccc(C(=O)OCCCC)cc3)c2S1. The van der Waals surface area contributed by atoms with Gasteiger partial charge in [-0.05, 0) is 96.6 Å². The zero-order valence-corrected chi connectivity index (χ0v) is 45.2. The maximum absolute atomic E-state index is 12.2. The molecule has 5 aromatic carbocycles. The number of fused-ring (bicyclic) bond motifs is 2. The minimum absolute atomic E-state index is 0.0101. The summed E-state index contributed by atoms with van der Waals surface area (Å²) in [5.74, 6) is 0.787. The number of benzene rings is 5. The second-order valence-corrected chi connectivity index (χ2v) is 20.7. The van der Waals surface area contributed by atoms with Crippen LogP contribution in [-0.2, 0) is 33.3 Å². The third-order valence-corrected chi connectivity index (χ3v) is 16.0. The van der Waals surface area contributed by atoms with E-state index in [1.54, 1.807) is 42.5 Å². The minimum Gasteiger partial charge on any atom is -0.507 e. The van der Waals surface area contributed by atoms with E-state index < -0.39 is 0 Å². The van der Waals surface area contributed by atoms with Gasteiger partial charge in [-0.2, -0.15) is 0 Å². The van der Waals surface area contributed by atoms with Crippen LogP contribution in [0.4, 0.5) is 0 Å². The van der Waals surface area contributed by atoms with Crippen molar-refractivity contribution in [3.63, 3.8) is 0 Å². The fourth-order valence-corrected chi connectivity index (χ4v) is 11.3. The first-order chi connectivity index (χ1) is 36.4. The third-order valence-electron chi connectivity index (χ3n) is 10.4. The lowest BCUT2D eigenvalue weighted by Gasteiger charge is -2.14. The third kappa shape index (κ3) is 17.2. The van der Waals surface area contributed by atoms with Gasteiger partial charge < -0.3 is 33.9 Å². The second kappa shape index (κ2) is 30.9. The highest BCUT2D eigenvalue weighted by atomic mass is 35.5. The van der Waals surface area contributed by atoms with Gasteiger partial charge in [0.15, 0.2) is 0 Å². The van der Waals surface area contributed by atoms with Crippen LogP contribution in [0, 0.1) is 35.8 Å². The Hall–Kier alpha value is -7.16.